The molecule has 0 saturated heterocycles. The highest BCUT2D eigenvalue weighted by molar-refractivity contribution is 6.76. The normalized spacial score (nSPS) is 12.2. The smallest absolute Gasteiger partial charge is 0.230 e. The molecule has 1 heterocycles. The molecule has 0 aliphatic carbocycles. The van der Waals surface area contributed by atoms with Crippen molar-refractivity contribution in [3.8, 4) is 0 Å². The minimum atomic E-state index is -0.932. The van der Waals surface area contributed by atoms with E-state index in [1.54, 1.807) is 0 Å². The van der Waals surface area contributed by atoms with Gasteiger partial charge in [0, 0.05) is 8.07 Å². The van der Waals surface area contributed by atoms with Crippen LogP contribution in [0, 0.1) is 0 Å². The molecule has 2 aromatic rings. The molecule has 25 heavy (non-hydrogen) atoms. The largest absolute Gasteiger partial charge is 0.244 e. The average molecular weight is 360 g/mol. The van der Waals surface area contributed by atoms with Gasteiger partial charge in [-0.2, -0.15) is 0 Å². The van der Waals surface area contributed by atoms with Gasteiger partial charge in [-0.05, 0) is 31.4 Å². The van der Waals surface area contributed by atoms with E-state index in [0.717, 1.165) is 13.1 Å². The van der Waals surface area contributed by atoms with Gasteiger partial charge in [0.25, 0.3) is 0 Å². The van der Waals surface area contributed by atoms with Gasteiger partial charge in [-0.3, -0.25) is 0 Å². The van der Waals surface area contributed by atoms with Gasteiger partial charge >= 0.3 is 0 Å². The predicted molar refractivity (Wildman–Crippen MR) is 113 cm³/mol. The lowest BCUT2D eigenvalue weighted by molar-refractivity contribution is -0.672. The van der Waals surface area contributed by atoms with Gasteiger partial charge in [0.2, 0.25) is 6.33 Å². The summed E-state index contributed by atoms with van der Waals surface area (Å²) in [6.07, 6.45) is 13.3. The summed E-state index contributed by atoms with van der Waals surface area (Å²) in [7, 11) is -0.932. The van der Waals surface area contributed by atoms with Crippen LogP contribution >= 0.6 is 0 Å². The van der Waals surface area contributed by atoms with Crippen LogP contribution in [0.4, 0.5) is 0 Å². The SMILES string of the molecule is CCCCCCCCCn1c[n+](CCC[Si](C)(C)C)c2ccccc21. The number of aryl methyl sites for hydroxylation is 2. The predicted octanol–water partition coefficient (Wildman–Crippen LogP) is 6.41. The summed E-state index contributed by atoms with van der Waals surface area (Å²) in [5.74, 6) is 0. The van der Waals surface area contributed by atoms with E-state index in [-0.39, 0.29) is 0 Å². The van der Waals surface area contributed by atoms with Crippen LogP contribution in [0.1, 0.15) is 58.3 Å². The highest BCUT2D eigenvalue weighted by Crippen LogP contribution is 2.15. The number of benzene rings is 1. The Labute approximate surface area is 156 Å². The van der Waals surface area contributed by atoms with Crippen molar-refractivity contribution in [2.45, 2.75) is 97.1 Å². The zero-order valence-electron chi connectivity index (χ0n) is 17.1. The standard InChI is InChI=1S/C22H39N2Si/c1-5-6-7-8-9-10-13-17-23-20-24(18-14-19-25(2,3)4)22-16-12-11-15-21(22)23/h11-12,15-16,20H,5-10,13-14,17-19H2,1-4H3/q+1. The van der Waals surface area contributed by atoms with E-state index < -0.39 is 8.07 Å². The molecule has 0 saturated carbocycles. The van der Waals surface area contributed by atoms with Crippen LogP contribution in [0.5, 0.6) is 0 Å². The molecule has 0 bridgehead atoms. The molecule has 0 amide bonds. The van der Waals surface area contributed by atoms with Crippen LogP contribution in [0.2, 0.25) is 25.7 Å². The van der Waals surface area contributed by atoms with Crippen molar-refractivity contribution in [2.75, 3.05) is 0 Å². The Hall–Kier alpha value is -1.09. The highest BCUT2D eigenvalue weighted by atomic mass is 28.3. The zero-order chi connectivity index (χ0) is 18.1. The molecule has 0 aliphatic heterocycles. The topological polar surface area (TPSA) is 8.81 Å². The molecule has 0 radical (unpaired) electrons. The van der Waals surface area contributed by atoms with Crippen LogP contribution in [0.15, 0.2) is 30.6 Å². The molecule has 0 fully saturated rings. The number of fused-ring (bicyclic) bond motifs is 1. The monoisotopic (exact) mass is 359 g/mol. The lowest BCUT2D eigenvalue weighted by atomic mass is 10.1. The summed E-state index contributed by atoms with van der Waals surface area (Å²) in [5, 5.41) is 0. The fourth-order valence-corrected chi connectivity index (χ4v) is 4.84. The number of para-hydroxylation sites is 2. The van der Waals surface area contributed by atoms with Crippen molar-refractivity contribution in [1.29, 1.82) is 0 Å². The van der Waals surface area contributed by atoms with Gasteiger partial charge in [0.15, 0.2) is 11.0 Å². The fraction of sp³-hybridized carbons (Fsp3) is 0.682. The zero-order valence-corrected chi connectivity index (χ0v) is 18.1. The summed E-state index contributed by atoms with van der Waals surface area (Å²) in [5.41, 5.74) is 2.81. The Morgan fingerprint density at radius 3 is 2.28 bits per heavy atom. The molecule has 3 heteroatoms. The molecule has 0 aliphatic rings. The molecule has 0 unspecified atom stereocenters. The van der Waals surface area contributed by atoms with E-state index >= 15 is 0 Å². The first-order chi connectivity index (χ1) is 12.0. The fourth-order valence-electron chi connectivity index (χ4n) is 3.62. The van der Waals surface area contributed by atoms with E-state index in [9.17, 15) is 0 Å². The molecule has 140 valence electrons. The van der Waals surface area contributed by atoms with Gasteiger partial charge in [-0.25, -0.2) is 9.13 Å². The van der Waals surface area contributed by atoms with E-state index in [0.29, 0.717) is 0 Å². The molecule has 1 aromatic heterocycles. The van der Waals surface area contributed by atoms with Gasteiger partial charge in [0.05, 0.1) is 13.1 Å². The van der Waals surface area contributed by atoms with Crippen molar-refractivity contribution >= 4 is 19.1 Å². The summed E-state index contributed by atoms with van der Waals surface area (Å²) >= 11 is 0. The van der Waals surface area contributed by atoms with E-state index in [4.69, 9.17) is 0 Å². The van der Waals surface area contributed by atoms with Gasteiger partial charge in [0.1, 0.15) is 0 Å². The quantitative estimate of drug-likeness (QED) is 0.235. The number of aromatic nitrogens is 2. The Kier molecular flexibility index (Phi) is 8.21. The van der Waals surface area contributed by atoms with Gasteiger partial charge < -0.3 is 0 Å². The molecule has 1 aromatic carbocycles. The number of hydrogen-bond donors (Lipinski definition) is 0. The first kappa shape index (κ1) is 20.2. The highest BCUT2D eigenvalue weighted by Gasteiger charge is 2.17. The molecule has 0 N–H and O–H groups in total. The minimum Gasteiger partial charge on any atom is -0.230 e. The van der Waals surface area contributed by atoms with Gasteiger partial charge in [-0.1, -0.05) is 76.8 Å². The second kappa shape index (κ2) is 10.2. The maximum atomic E-state index is 2.48. The number of unbranched alkanes of at least 4 members (excludes halogenated alkanes) is 6. The van der Waals surface area contributed by atoms with Crippen molar-refractivity contribution < 1.29 is 4.57 Å². The second-order valence-corrected chi connectivity index (χ2v) is 14.4. The minimum absolute atomic E-state index is 0.932. The molecular weight excluding hydrogens is 320 g/mol. The Balaban J connectivity index is 1.89. The maximum Gasteiger partial charge on any atom is 0.244 e. The van der Waals surface area contributed by atoms with Crippen LogP contribution in [0.3, 0.4) is 0 Å². The third kappa shape index (κ3) is 6.97. The first-order valence-electron chi connectivity index (χ1n) is 10.5. The van der Waals surface area contributed by atoms with Crippen LogP contribution in [-0.4, -0.2) is 12.6 Å². The number of hydrogen-bond acceptors (Lipinski definition) is 0. The molecule has 2 rings (SSSR count). The second-order valence-electron chi connectivity index (χ2n) is 8.78. The molecule has 2 nitrogen and oxygen atoms in total. The third-order valence-electron chi connectivity index (χ3n) is 5.11. The van der Waals surface area contributed by atoms with Crippen LogP contribution in [0.25, 0.3) is 11.0 Å². The Morgan fingerprint density at radius 2 is 1.56 bits per heavy atom. The van der Waals surface area contributed by atoms with Crippen molar-refractivity contribution in [3.05, 3.63) is 30.6 Å². The van der Waals surface area contributed by atoms with Crippen LogP contribution < -0.4 is 4.57 Å². The Morgan fingerprint density at radius 1 is 0.880 bits per heavy atom. The maximum absolute atomic E-state index is 2.48. The number of imidazole rings is 1. The molecule has 0 spiro atoms. The van der Waals surface area contributed by atoms with Crippen molar-refractivity contribution in [2.24, 2.45) is 0 Å². The van der Waals surface area contributed by atoms with Crippen molar-refractivity contribution in [3.63, 3.8) is 0 Å². The van der Waals surface area contributed by atoms with Gasteiger partial charge in [-0.15, -0.1) is 0 Å². The summed E-state index contributed by atoms with van der Waals surface area (Å²) in [4.78, 5) is 0. The van der Waals surface area contributed by atoms with E-state index in [2.05, 4.69) is 66.3 Å². The Bertz CT molecular complexity index is 624. The number of rotatable bonds is 12. The number of nitrogens with zero attached hydrogens (tertiary/aromatic N) is 2. The summed E-state index contributed by atoms with van der Waals surface area (Å²) in [6.45, 7) is 12.0. The van der Waals surface area contributed by atoms with E-state index in [1.807, 2.05) is 0 Å². The first-order valence-corrected chi connectivity index (χ1v) is 14.2. The lowest BCUT2D eigenvalue weighted by Gasteiger charge is -2.14. The van der Waals surface area contributed by atoms with Crippen LogP contribution in [-0.2, 0) is 13.1 Å². The third-order valence-corrected chi connectivity index (χ3v) is 6.96. The average Bonchev–Trinajstić information content (AvgIpc) is 2.91. The lowest BCUT2D eigenvalue weighted by Crippen LogP contribution is -2.33. The summed E-state index contributed by atoms with van der Waals surface area (Å²) < 4.78 is 4.96. The molecular formula is C22H39N2Si+. The van der Waals surface area contributed by atoms with E-state index in [1.165, 1.54) is 68.4 Å². The molecule has 0 atom stereocenters. The van der Waals surface area contributed by atoms with Crippen molar-refractivity contribution in [1.82, 2.24) is 4.57 Å². The summed E-state index contributed by atoms with van der Waals surface area (Å²) in [6, 6.07) is 10.3.